The molecule has 6 heteroatoms. The fourth-order valence-electron chi connectivity index (χ4n) is 2.41. The normalized spacial score (nSPS) is 12.7. The van der Waals surface area contributed by atoms with Crippen molar-refractivity contribution in [1.82, 2.24) is 15.5 Å². The Morgan fingerprint density at radius 3 is 2.52 bits per heavy atom. The lowest BCUT2D eigenvalue weighted by atomic mass is 10.1. The summed E-state index contributed by atoms with van der Waals surface area (Å²) >= 11 is 0. The van der Waals surface area contributed by atoms with Gasteiger partial charge in [0, 0.05) is 13.1 Å². The molecule has 0 aliphatic carbocycles. The highest BCUT2D eigenvalue weighted by atomic mass is 127. The average molecular weight is 462 g/mol. The summed E-state index contributed by atoms with van der Waals surface area (Å²) in [6.07, 6.45) is 1.14. The minimum Gasteiger partial charge on any atom is -0.497 e. The summed E-state index contributed by atoms with van der Waals surface area (Å²) in [4.78, 5) is 6.97. The van der Waals surface area contributed by atoms with E-state index in [1.54, 1.807) is 7.11 Å². The molecule has 0 bridgehead atoms. The molecule has 144 valence electrons. The van der Waals surface area contributed by atoms with E-state index in [0.717, 1.165) is 31.2 Å². The van der Waals surface area contributed by atoms with Crippen LogP contribution >= 0.6 is 24.0 Å². The van der Waals surface area contributed by atoms with Crippen LogP contribution in [0.2, 0.25) is 0 Å². The van der Waals surface area contributed by atoms with E-state index in [1.165, 1.54) is 5.56 Å². The summed E-state index contributed by atoms with van der Waals surface area (Å²) in [5, 5.41) is 6.74. The number of aliphatic imine (C=N–C) groups is 1. The maximum Gasteiger partial charge on any atom is 0.191 e. The van der Waals surface area contributed by atoms with Gasteiger partial charge in [-0.25, -0.2) is 0 Å². The van der Waals surface area contributed by atoms with Gasteiger partial charge in [0.05, 0.1) is 19.7 Å². The molecule has 0 aliphatic rings. The molecule has 1 unspecified atom stereocenters. The van der Waals surface area contributed by atoms with Gasteiger partial charge >= 0.3 is 0 Å². The minimum atomic E-state index is 0. The van der Waals surface area contributed by atoms with Crippen LogP contribution in [-0.2, 0) is 0 Å². The van der Waals surface area contributed by atoms with Gasteiger partial charge in [-0.15, -0.1) is 24.0 Å². The number of likely N-dealkylation sites (N-methyl/N-ethyl adjacent to an activating group) is 1. The third-order valence-electron chi connectivity index (χ3n) is 3.88. The lowest BCUT2D eigenvalue weighted by Gasteiger charge is -2.24. The number of nitrogens with one attached hydrogen (secondary N) is 2. The number of hydrogen-bond acceptors (Lipinski definition) is 3. The van der Waals surface area contributed by atoms with Gasteiger partial charge in [-0.05, 0) is 51.1 Å². The fraction of sp³-hybridized carbons (Fsp3) is 0.632. The maximum absolute atomic E-state index is 5.35. The summed E-state index contributed by atoms with van der Waals surface area (Å²) in [6, 6.07) is 8.42. The highest BCUT2D eigenvalue weighted by Crippen LogP contribution is 2.22. The first-order valence-electron chi connectivity index (χ1n) is 8.80. The second-order valence-corrected chi connectivity index (χ2v) is 6.58. The first-order valence-corrected chi connectivity index (χ1v) is 8.80. The lowest BCUT2D eigenvalue weighted by molar-refractivity contribution is 0.305. The van der Waals surface area contributed by atoms with Crippen LogP contribution in [0.25, 0.3) is 0 Å². The first kappa shape index (κ1) is 24.0. The molecule has 0 spiro atoms. The Morgan fingerprint density at radius 2 is 1.96 bits per heavy atom. The third kappa shape index (κ3) is 9.30. The standard InChI is InChI=1S/C19H34N4O.HI/c1-7-20-19(21-12-11-15(2)3)22-14-18(23(4)5)16-9-8-10-17(13-16)24-6;/h8-10,13,15,18H,7,11-12,14H2,1-6H3,(H2,20,21,22);1H. The molecule has 0 saturated carbocycles. The van der Waals surface area contributed by atoms with Crippen LogP contribution in [0.3, 0.4) is 0 Å². The Kier molecular flexibility index (Phi) is 12.7. The third-order valence-corrected chi connectivity index (χ3v) is 3.88. The van der Waals surface area contributed by atoms with E-state index in [9.17, 15) is 0 Å². The van der Waals surface area contributed by atoms with Crippen LogP contribution < -0.4 is 15.4 Å². The fourth-order valence-corrected chi connectivity index (χ4v) is 2.41. The summed E-state index contributed by atoms with van der Waals surface area (Å²) in [5.41, 5.74) is 1.21. The minimum absolute atomic E-state index is 0. The SMILES string of the molecule is CCNC(=NCC(c1cccc(OC)c1)N(C)C)NCCC(C)C.I. The Morgan fingerprint density at radius 1 is 1.24 bits per heavy atom. The van der Waals surface area contributed by atoms with Gasteiger partial charge in [0.2, 0.25) is 0 Å². The molecule has 0 radical (unpaired) electrons. The predicted molar refractivity (Wildman–Crippen MR) is 118 cm³/mol. The molecule has 5 nitrogen and oxygen atoms in total. The average Bonchev–Trinajstić information content (AvgIpc) is 2.54. The largest absolute Gasteiger partial charge is 0.497 e. The molecule has 0 heterocycles. The van der Waals surface area contributed by atoms with E-state index in [2.05, 4.69) is 62.5 Å². The molecule has 1 aromatic carbocycles. The first-order chi connectivity index (χ1) is 11.5. The zero-order chi connectivity index (χ0) is 17.9. The Balaban J connectivity index is 0.00000576. The molecule has 0 aromatic heterocycles. The zero-order valence-corrected chi connectivity index (χ0v) is 18.8. The van der Waals surface area contributed by atoms with Crippen molar-refractivity contribution in [2.75, 3.05) is 40.8 Å². The number of methoxy groups -OCH3 is 1. The molecule has 25 heavy (non-hydrogen) atoms. The van der Waals surface area contributed by atoms with Crippen molar-refractivity contribution in [3.05, 3.63) is 29.8 Å². The van der Waals surface area contributed by atoms with Gasteiger partial charge in [0.25, 0.3) is 0 Å². The van der Waals surface area contributed by atoms with Gasteiger partial charge < -0.3 is 20.3 Å². The second kappa shape index (κ2) is 13.2. The van der Waals surface area contributed by atoms with Crippen molar-refractivity contribution < 1.29 is 4.74 Å². The van der Waals surface area contributed by atoms with Crippen LogP contribution in [0.15, 0.2) is 29.3 Å². The quantitative estimate of drug-likeness (QED) is 0.335. The van der Waals surface area contributed by atoms with Crippen LogP contribution in [0, 0.1) is 5.92 Å². The summed E-state index contributed by atoms with van der Waals surface area (Å²) < 4.78 is 5.35. The molecule has 1 atom stereocenters. The number of ether oxygens (including phenoxy) is 1. The van der Waals surface area contributed by atoms with Crippen molar-refractivity contribution in [2.45, 2.75) is 33.2 Å². The van der Waals surface area contributed by atoms with Gasteiger partial charge in [-0.3, -0.25) is 4.99 Å². The van der Waals surface area contributed by atoms with Crippen LogP contribution in [0.5, 0.6) is 5.75 Å². The van der Waals surface area contributed by atoms with E-state index in [1.807, 2.05) is 12.1 Å². The van der Waals surface area contributed by atoms with E-state index < -0.39 is 0 Å². The van der Waals surface area contributed by atoms with Gasteiger partial charge in [0.15, 0.2) is 5.96 Å². The molecule has 1 aromatic rings. The zero-order valence-electron chi connectivity index (χ0n) is 16.5. The molecule has 0 aliphatic heterocycles. The Hall–Kier alpha value is -1.02. The van der Waals surface area contributed by atoms with Crippen LogP contribution in [0.1, 0.15) is 38.8 Å². The number of hydrogen-bond donors (Lipinski definition) is 2. The number of nitrogens with zero attached hydrogens (tertiary/aromatic N) is 2. The van der Waals surface area contributed by atoms with Crippen molar-refractivity contribution in [1.29, 1.82) is 0 Å². The topological polar surface area (TPSA) is 48.9 Å². The number of guanidine groups is 1. The van der Waals surface area contributed by atoms with Gasteiger partial charge in [-0.2, -0.15) is 0 Å². The smallest absolute Gasteiger partial charge is 0.191 e. The van der Waals surface area contributed by atoms with Crippen molar-refractivity contribution in [2.24, 2.45) is 10.9 Å². The molecule has 2 N–H and O–H groups in total. The lowest BCUT2D eigenvalue weighted by Crippen LogP contribution is -2.38. The molecule has 0 amide bonds. The van der Waals surface area contributed by atoms with Crippen LogP contribution in [-0.4, -0.2) is 51.7 Å². The molecular weight excluding hydrogens is 427 g/mol. The summed E-state index contributed by atoms with van der Waals surface area (Å²) in [6.45, 7) is 9.05. The molecule has 1 rings (SSSR count). The summed E-state index contributed by atoms with van der Waals surface area (Å²) in [5.74, 6) is 2.45. The number of rotatable bonds is 9. The van der Waals surface area contributed by atoms with E-state index >= 15 is 0 Å². The number of halogens is 1. The molecule has 0 saturated heterocycles. The monoisotopic (exact) mass is 462 g/mol. The maximum atomic E-state index is 5.35. The summed E-state index contributed by atoms with van der Waals surface area (Å²) in [7, 11) is 5.86. The van der Waals surface area contributed by atoms with Crippen molar-refractivity contribution in [3.8, 4) is 5.75 Å². The number of benzene rings is 1. The van der Waals surface area contributed by atoms with Gasteiger partial charge in [0.1, 0.15) is 5.75 Å². The van der Waals surface area contributed by atoms with E-state index in [-0.39, 0.29) is 30.0 Å². The van der Waals surface area contributed by atoms with Crippen molar-refractivity contribution in [3.63, 3.8) is 0 Å². The van der Waals surface area contributed by atoms with Crippen molar-refractivity contribution >= 4 is 29.9 Å². The highest BCUT2D eigenvalue weighted by molar-refractivity contribution is 14.0. The predicted octanol–water partition coefficient (Wildman–Crippen LogP) is 3.52. The Bertz CT molecular complexity index is 506. The second-order valence-electron chi connectivity index (χ2n) is 6.58. The van der Waals surface area contributed by atoms with Gasteiger partial charge in [-0.1, -0.05) is 26.0 Å². The Labute approximate surface area is 170 Å². The van der Waals surface area contributed by atoms with E-state index in [0.29, 0.717) is 12.5 Å². The highest BCUT2D eigenvalue weighted by Gasteiger charge is 2.14. The van der Waals surface area contributed by atoms with E-state index in [4.69, 9.17) is 9.73 Å². The molecule has 0 fully saturated rings. The van der Waals surface area contributed by atoms with Crippen LogP contribution in [0.4, 0.5) is 0 Å². The molecular formula is C19H35IN4O.